The SMILES string of the molecule is Cc1cc(Br)c(NC(=O)CN2C(=O)N[C@](C)(c3ccc4c(c3)OCCO4)C2=O)c(Br)c1. The van der Waals surface area contributed by atoms with Crippen molar-refractivity contribution >= 4 is 55.4 Å². The van der Waals surface area contributed by atoms with Gasteiger partial charge in [0, 0.05) is 8.95 Å². The number of aryl methyl sites for hydroxylation is 1. The number of carbonyl (C=O) groups excluding carboxylic acids is 3. The second-order valence-corrected chi connectivity index (χ2v) is 9.17. The molecule has 2 aromatic carbocycles. The topological polar surface area (TPSA) is 97.0 Å². The fourth-order valence-electron chi connectivity index (χ4n) is 3.53. The highest BCUT2D eigenvalue weighted by Crippen LogP contribution is 2.37. The Morgan fingerprint density at radius 2 is 1.77 bits per heavy atom. The molecule has 2 heterocycles. The maximum absolute atomic E-state index is 13.1. The number of anilines is 1. The number of ether oxygens (including phenoxy) is 2. The maximum Gasteiger partial charge on any atom is 0.325 e. The van der Waals surface area contributed by atoms with Crippen LogP contribution in [-0.2, 0) is 15.1 Å². The Morgan fingerprint density at radius 3 is 2.45 bits per heavy atom. The van der Waals surface area contributed by atoms with Gasteiger partial charge in [-0.25, -0.2) is 4.79 Å². The zero-order chi connectivity index (χ0) is 22.3. The highest BCUT2D eigenvalue weighted by molar-refractivity contribution is 9.11. The molecule has 1 atom stereocenters. The van der Waals surface area contributed by atoms with E-state index >= 15 is 0 Å². The molecule has 162 valence electrons. The molecule has 0 aliphatic carbocycles. The van der Waals surface area contributed by atoms with Gasteiger partial charge in [0.05, 0.1) is 5.69 Å². The first kappa shape index (κ1) is 21.6. The van der Waals surface area contributed by atoms with Gasteiger partial charge in [-0.05, 0) is 81.1 Å². The van der Waals surface area contributed by atoms with Crippen LogP contribution in [0.2, 0.25) is 0 Å². The third kappa shape index (κ3) is 4.01. The average molecular weight is 553 g/mol. The van der Waals surface area contributed by atoms with E-state index in [-0.39, 0.29) is 0 Å². The molecule has 2 N–H and O–H groups in total. The second kappa shape index (κ2) is 8.16. The summed E-state index contributed by atoms with van der Waals surface area (Å²) in [4.78, 5) is 39.2. The minimum absolute atomic E-state index is 0.407. The first-order chi connectivity index (χ1) is 14.7. The zero-order valence-electron chi connectivity index (χ0n) is 16.8. The average Bonchev–Trinajstić information content (AvgIpc) is 2.94. The number of halogens is 2. The van der Waals surface area contributed by atoms with E-state index in [1.807, 2.05) is 19.1 Å². The molecule has 0 aromatic heterocycles. The molecular formula is C21H19Br2N3O5. The Bertz CT molecular complexity index is 1080. The summed E-state index contributed by atoms with van der Waals surface area (Å²) in [5.41, 5.74) is 0.749. The first-order valence-electron chi connectivity index (χ1n) is 9.49. The second-order valence-electron chi connectivity index (χ2n) is 7.46. The minimum Gasteiger partial charge on any atom is -0.486 e. The summed E-state index contributed by atoms with van der Waals surface area (Å²) in [5.74, 6) is 0.0738. The van der Waals surface area contributed by atoms with Gasteiger partial charge < -0.3 is 20.1 Å². The molecule has 0 saturated carbocycles. The molecule has 2 aliphatic heterocycles. The molecule has 0 unspecified atom stereocenters. The zero-order valence-corrected chi connectivity index (χ0v) is 19.9. The molecule has 8 nitrogen and oxygen atoms in total. The number of fused-ring (bicyclic) bond motifs is 1. The summed E-state index contributed by atoms with van der Waals surface area (Å²) < 4.78 is 12.5. The van der Waals surface area contributed by atoms with Crippen molar-refractivity contribution in [1.29, 1.82) is 0 Å². The Hall–Kier alpha value is -2.59. The number of benzene rings is 2. The first-order valence-corrected chi connectivity index (χ1v) is 11.1. The van der Waals surface area contributed by atoms with Crippen LogP contribution in [0.4, 0.5) is 10.5 Å². The summed E-state index contributed by atoms with van der Waals surface area (Å²) in [6.07, 6.45) is 0. The fraction of sp³-hybridized carbons (Fsp3) is 0.286. The van der Waals surface area contributed by atoms with Crippen molar-refractivity contribution in [2.24, 2.45) is 0 Å². The summed E-state index contributed by atoms with van der Waals surface area (Å²) in [5, 5.41) is 5.43. The lowest BCUT2D eigenvalue weighted by molar-refractivity contribution is -0.133. The number of hydrogen-bond acceptors (Lipinski definition) is 5. The molecule has 0 spiro atoms. The van der Waals surface area contributed by atoms with Crippen molar-refractivity contribution in [1.82, 2.24) is 10.2 Å². The van der Waals surface area contributed by atoms with Crippen molar-refractivity contribution < 1.29 is 23.9 Å². The van der Waals surface area contributed by atoms with E-state index in [1.54, 1.807) is 25.1 Å². The van der Waals surface area contributed by atoms with Gasteiger partial charge in [0.1, 0.15) is 25.3 Å². The summed E-state index contributed by atoms with van der Waals surface area (Å²) in [6.45, 7) is 3.97. The number of imide groups is 1. The maximum atomic E-state index is 13.1. The minimum atomic E-state index is -1.32. The molecule has 4 rings (SSSR count). The molecule has 31 heavy (non-hydrogen) atoms. The highest BCUT2D eigenvalue weighted by atomic mass is 79.9. The van der Waals surface area contributed by atoms with Crippen molar-refractivity contribution in [3.8, 4) is 11.5 Å². The smallest absolute Gasteiger partial charge is 0.325 e. The van der Waals surface area contributed by atoms with Gasteiger partial charge in [0.15, 0.2) is 11.5 Å². The van der Waals surface area contributed by atoms with E-state index in [0.717, 1.165) is 10.5 Å². The standard InChI is InChI=1S/C21H19Br2N3O5/c1-11-7-13(22)18(14(23)8-11)24-17(27)10-26-19(28)21(2,25-20(26)29)12-3-4-15-16(9-12)31-6-5-30-15/h3-4,7-9H,5-6,10H2,1-2H3,(H,24,27)(H,25,29)/t21-/m1/s1. The van der Waals surface area contributed by atoms with Crippen LogP contribution >= 0.6 is 31.9 Å². The number of nitrogens with zero attached hydrogens (tertiary/aromatic N) is 1. The van der Waals surface area contributed by atoms with Crippen LogP contribution < -0.4 is 20.1 Å². The van der Waals surface area contributed by atoms with E-state index in [0.29, 0.717) is 44.9 Å². The van der Waals surface area contributed by atoms with E-state index < -0.39 is 29.9 Å². The van der Waals surface area contributed by atoms with E-state index in [4.69, 9.17) is 9.47 Å². The van der Waals surface area contributed by atoms with E-state index in [1.165, 1.54) is 0 Å². The van der Waals surface area contributed by atoms with Crippen molar-refractivity contribution in [2.75, 3.05) is 25.1 Å². The largest absolute Gasteiger partial charge is 0.486 e. The van der Waals surface area contributed by atoms with Crippen LogP contribution in [0, 0.1) is 6.92 Å². The molecule has 1 saturated heterocycles. The number of hydrogen-bond donors (Lipinski definition) is 2. The third-order valence-corrected chi connectivity index (χ3v) is 6.40. The lowest BCUT2D eigenvalue weighted by Crippen LogP contribution is -2.42. The Morgan fingerprint density at radius 1 is 1.13 bits per heavy atom. The van der Waals surface area contributed by atoms with Gasteiger partial charge in [-0.3, -0.25) is 14.5 Å². The van der Waals surface area contributed by atoms with Gasteiger partial charge in [0.25, 0.3) is 5.91 Å². The Balaban J connectivity index is 1.53. The fourth-order valence-corrected chi connectivity index (χ4v) is 5.15. The monoisotopic (exact) mass is 551 g/mol. The molecule has 1 fully saturated rings. The molecular weight excluding hydrogens is 534 g/mol. The lowest BCUT2D eigenvalue weighted by Gasteiger charge is -2.25. The number of carbonyl (C=O) groups is 3. The molecule has 0 bridgehead atoms. The van der Waals surface area contributed by atoms with Gasteiger partial charge in [-0.15, -0.1) is 0 Å². The van der Waals surface area contributed by atoms with Crippen molar-refractivity contribution in [3.05, 3.63) is 50.4 Å². The normalized spacial score (nSPS) is 19.9. The van der Waals surface area contributed by atoms with Crippen LogP contribution in [-0.4, -0.2) is 42.5 Å². The summed E-state index contributed by atoms with van der Waals surface area (Å²) >= 11 is 6.83. The third-order valence-electron chi connectivity index (χ3n) is 5.15. The van der Waals surface area contributed by atoms with Gasteiger partial charge in [-0.2, -0.15) is 0 Å². The Labute approximate surface area is 195 Å². The molecule has 0 radical (unpaired) electrons. The quantitative estimate of drug-likeness (QED) is 0.564. The van der Waals surface area contributed by atoms with E-state index in [2.05, 4.69) is 42.5 Å². The Kier molecular flexibility index (Phi) is 5.69. The lowest BCUT2D eigenvalue weighted by atomic mass is 9.91. The van der Waals surface area contributed by atoms with Gasteiger partial charge >= 0.3 is 6.03 Å². The van der Waals surface area contributed by atoms with Crippen LogP contribution in [0.5, 0.6) is 11.5 Å². The van der Waals surface area contributed by atoms with Crippen molar-refractivity contribution in [3.63, 3.8) is 0 Å². The number of nitrogens with one attached hydrogen (secondary N) is 2. The van der Waals surface area contributed by atoms with Gasteiger partial charge in [-0.1, -0.05) is 6.07 Å². The highest BCUT2D eigenvalue weighted by Gasteiger charge is 2.49. The van der Waals surface area contributed by atoms with Crippen LogP contribution in [0.1, 0.15) is 18.1 Å². The molecule has 4 amide bonds. The summed E-state index contributed by atoms with van der Waals surface area (Å²) in [6, 6.07) is 8.16. The predicted molar refractivity (Wildman–Crippen MR) is 120 cm³/mol. The van der Waals surface area contributed by atoms with E-state index in [9.17, 15) is 14.4 Å². The van der Waals surface area contributed by atoms with Crippen LogP contribution in [0.3, 0.4) is 0 Å². The predicted octanol–water partition coefficient (Wildman–Crippen LogP) is 3.70. The molecule has 2 aliphatic rings. The molecule has 2 aromatic rings. The number of rotatable bonds is 4. The van der Waals surface area contributed by atoms with Crippen molar-refractivity contribution in [2.45, 2.75) is 19.4 Å². The number of amides is 4. The summed E-state index contributed by atoms with van der Waals surface area (Å²) in [7, 11) is 0. The molecule has 10 heteroatoms. The van der Waals surface area contributed by atoms with Gasteiger partial charge in [0.2, 0.25) is 5.91 Å². The van der Waals surface area contributed by atoms with Crippen LogP contribution in [0.25, 0.3) is 0 Å². The van der Waals surface area contributed by atoms with Crippen LogP contribution in [0.15, 0.2) is 39.3 Å². The number of urea groups is 1.